The molecule has 1 aliphatic carbocycles. The van der Waals surface area contributed by atoms with Gasteiger partial charge in [-0.15, -0.1) is 0 Å². The molecule has 0 saturated carbocycles. The number of benzene rings is 6. The van der Waals surface area contributed by atoms with Gasteiger partial charge in [-0.1, -0.05) is 111 Å². The topological polar surface area (TPSA) is 13.1 Å². The Morgan fingerprint density at radius 3 is 1.37 bits per heavy atom. The standard InChI is InChI=1S/C43H33N3/c1-43(2)39-35-25-12-14-27-37(35)45(32-21-10-5-11-22-32)41(39)42-40(43)36-26-13-15-28-38(36)46(42)34-24-16-23-33(29-34)44(30-17-6-3-7-18-30)31-19-8-4-9-20-31/h3-29H,1-2H3. The van der Waals surface area contributed by atoms with Gasteiger partial charge in [0.05, 0.1) is 22.4 Å². The molecule has 3 nitrogen and oxygen atoms in total. The molecule has 9 rings (SSSR count). The molecule has 2 aromatic heterocycles. The summed E-state index contributed by atoms with van der Waals surface area (Å²) in [6.45, 7) is 4.80. The van der Waals surface area contributed by atoms with Gasteiger partial charge in [-0.3, -0.25) is 0 Å². The number of rotatable bonds is 5. The summed E-state index contributed by atoms with van der Waals surface area (Å²) in [6.07, 6.45) is 0. The van der Waals surface area contributed by atoms with Gasteiger partial charge >= 0.3 is 0 Å². The smallest absolute Gasteiger partial charge is 0.0753 e. The molecule has 0 radical (unpaired) electrons. The maximum Gasteiger partial charge on any atom is 0.0753 e. The van der Waals surface area contributed by atoms with E-state index in [2.05, 4.69) is 192 Å². The highest BCUT2D eigenvalue weighted by molar-refractivity contribution is 6.05. The van der Waals surface area contributed by atoms with Crippen molar-refractivity contribution in [3.63, 3.8) is 0 Å². The van der Waals surface area contributed by atoms with Crippen LogP contribution in [0.15, 0.2) is 164 Å². The van der Waals surface area contributed by atoms with Crippen molar-refractivity contribution in [3.05, 3.63) is 175 Å². The maximum absolute atomic E-state index is 2.51. The predicted molar refractivity (Wildman–Crippen MR) is 192 cm³/mol. The van der Waals surface area contributed by atoms with Crippen LogP contribution in [0, 0.1) is 0 Å². The molecule has 0 atom stereocenters. The van der Waals surface area contributed by atoms with E-state index in [4.69, 9.17) is 0 Å². The van der Waals surface area contributed by atoms with Crippen LogP contribution in [0.1, 0.15) is 25.0 Å². The molecule has 8 aromatic rings. The van der Waals surface area contributed by atoms with E-state index in [1.165, 1.54) is 50.0 Å². The minimum atomic E-state index is -0.202. The van der Waals surface area contributed by atoms with E-state index in [0.29, 0.717) is 0 Å². The Bertz CT molecular complexity index is 2340. The molecule has 220 valence electrons. The monoisotopic (exact) mass is 591 g/mol. The molecule has 0 saturated heterocycles. The molecule has 0 fully saturated rings. The summed E-state index contributed by atoms with van der Waals surface area (Å²) in [5.41, 5.74) is 13.3. The van der Waals surface area contributed by atoms with Gasteiger partial charge in [-0.25, -0.2) is 0 Å². The number of nitrogens with zero attached hydrogens (tertiary/aromatic N) is 3. The fraction of sp³-hybridized carbons (Fsp3) is 0.0698. The molecule has 0 bridgehead atoms. The summed E-state index contributed by atoms with van der Waals surface area (Å²) < 4.78 is 4.99. The number of hydrogen-bond acceptors (Lipinski definition) is 1. The Morgan fingerprint density at radius 1 is 0.413 bits per heavy atom. The van der Waals surface area contributed by atoms with Gasteiger partial charge in [0.1, 0.15) is 0 Å². The summed E-state index contributed by atoms with van der Waals surface area (Å²) in [4.78, 5) is 2.34. The van der Waals surface area contributed by atoms with Crippen LogP contribution in [0.2, 0.25) is 0 Å². The fourth-order valence-corrected chi connectivity index (χ4v) is 7.80. The normalized spacial score (nSPS) is 13.2. The number of aromatic nitrogens is 2. The quantitative estimate of drug-likeness (QED) is 0.194. The first kappa shape index (κ1) is 26.6. The Balaban J connectivity index is 1.36. The van der Waals surface area contributed by atoms with E-state index in [1.807, 2.05) is 0 Å². The molecule has 2 heterocycles. The van der Waals surface area contributed by atoms with Crippen molar-refractivity contribution in [1.82, 2.24) is 9.13 Å². The third kappa shape index (κ3) is 3.78. The van der Waals surface area contributed by atoms with Crippen LogP contribution in [0.3, 0.4) is 0 Å². The van der Waals surface area contributed by atoms with Crippen molar-refractivity contribution >= 4 is 38.9 Å². The van der Waals surface area contributed by atoms with Gasteiger partial charge in [-0.2, -0.15) is 0 Å². The molecule has 46 heavy (non-hydrogen) atoms. The molecule has 0 amide bonds. The van der Waals surface area contributed by atoms with Crippen molar-refractivity contribution in [2.75, 3.05) is 4.90 Å². The summed E-state index contributed by atoms with van der Waals surface area (Å²) in [6, 6.07) is 58.9. The Morgan fingerprint density at radius 2 is 0.826 bits per heavy atom. The second-order valence-corrected chi connectivity index (χ2v) is 12.6. The van der Waals surface area contributed by atoms with Gasteiger partial charge in [-0.05, 0) is 77.9 Å². The zero-order valence-corrected chi connectivity index (χ0v) is 25.9. The molecule has 6 aromatic carbocycles. The minimum Gasteiger partial charge on any atom is -0.310 e. The van der Waals surface area contributed by atoms with Crippen LogP contribution >= 0.6 is 0 Å². The highest BCUT2D eigenvalue weighted by Gasteiger charge is 2.45. The SMILES string of the molecule is CC1(C)c2c(n(-c3ccccc3)c3ccccc23)-c2c1c1ccccc1n2-c1cccc(N(c2ccccc2)c2ccccc2)c1. The van der Waals surface area contributed by atoms with Crippen LogP contribution in [0.4, 0.5) is 17.1 Å². The average molecular weight is 592 g/mol. The minimum absolute atomic E-state index is 0.202. The van der Waals surface area contributed by atoms with E-state index in [0.717, 1.165) is 22.7 Å². The van der Waals surface area contributed by atoms with E-state index in [9.17, 15) is 0 Å². The second-order valence-electron chi connectivity index (χ2n) is 12.6. The zero-order valence-electron chi connectivity index (χ0n) is 25.9. The maximum atomic E-state index is 2.51. The summed E-state index contributed by atoms with van der Waals surface area (Å²) >= 11 is 0. The van der Waals surface area contributed by atoms with Crippen LogP contribution in [-0.4, -0.2) is 9.13 Å². The first-order valence-corrected chi connectivity index (χ1v) is 16.0. The van der Waals surface area contributed by atoms with Crippen LogP contribution in [0.5, 0.6) is 0 Å². The van der Waals surface area contributed by atoms with Crippen molar-refractivity contribution in [2.24, 2.45) is 0 Å². The lowest BCUT2D eigenvalue weighted by molar-refractivity contribution is 0.672. The molecule has 0 aliphatic heterocycles. The third-order valence-electron chi connectivity index (χ3n) is 9.61. The van der Waals surface area contributed by atoms with Gasteiger partial charge in [0.25, 0.3) is 0 Å². The number of hydrogen-bond donors (Lipinski definition) is 0. The van der Waals surface area contributed by atoms with Gasteiger partial charge in [0.2, 0.25) is 0 Å². The first-order valence-electron chi connectivity index (χ1n) is 16.0. The zero-order chi connectivity index (χ0) is 30.8. The van der Waals surface area contributed by atoms with E-state index >= 15 is 0 Å². The average Bonchev–Trinajstić information content (AvgIpc) is 3.71. The lowest BCUT2D eigenvalue weighted by Gasteiger charge is -2.26. The van der Waals surface area contributed by atoms with E-state index in [-0.39, 0.29) is 5.41 Å². The number of fused-ring (bicyclic) bond motifs is 7. The van der Waals surface area contributed by atoms with Gasteiger partial charge in [0, 0.05) is 44.6 Å². The van der Waals surface area contributed by atoms with Crippen molar-refractivity contribution in [3.8, 4) is 22.8 Å². The van der Waals surface area contributed by atoms with Crippen molar-refractivity contribution in [1.29, 1.82) is 0 Å². The third-order valence-corrected chi connectivity index (χ3v) is 9.61. The molecule has 3 heteroatoms. The molecular formula is C43H33N3. The van der Waals surface area contributed by atoms with Crippen LogP contribution in [0.25, 0.3) is 44.6 Å². The molecular weight excluding hydrogens is 558 g/mol. The highest BCUT2D eigenvalue weighted by Crippen LogP contribution is 2.57. The summed E-state index contributed by atoms with van der Waals surface area (Å²) in [5, 5.41) is 2.61. The summed E-state index contributed by atoms with van der Waals surface area (Å²) in [5.74, 6) is 0. The van der Waals surface area contributed by atoms with Crippen molar-refractivity contribution < 1.29 is 0 Å². The molecule has 0 spiro atoms. The lowest BCUT2D eigenvalue weighted by atomic mass is 9.81. The highest BCUT2D eigenvalue weighted by atomic mass is 15.1. The Hall–Kier alpha value is -5.80. The second kappa shape index (κ2) is 10.1. The largest absolute Gasteiger partial charge is 0.310 e. The summed E-state index contributed by atoms with van der Waals surface area (Å²) in [7, 11) is 0. The lowest BCUT2D eigenvalue weighted by Crippen LogP contribution is -2.14. The first-order chi connectivity index (χ1) is 22.6. The number of para-hydroxylation sites is 5. The van der Waals surface area contributed by atoms with Crippen molar-refractivity contribution in [2.45, 2.75) is 19.3 Å². The van der Waals surface area contributed by atoms with Crippen LogP contribution < -0.4 is 4.90 Å². The van der Waals surface area contributed by atoms with Crippen LogP contribution in [-0.2, 0) is 5.41 Å². The van der Waals surface area contributed by atoms with Gasteiger partial charge in [0.15, 0.2) is 0 Å². The molecule has 0 N–H and O–H groups in total. The fourth-order valence-electron chi connectivity index (χ4n) is 7.80. The van der Waals surface area contributed by atoms with Gasteiger partial charge < -0.3 is 14.0 Å². The molecule has 0 unspecified atom stereocenters. The van der Waals surface area contributed by atoms with E-state index < -0.39 is 0 Å². The Labute approximate surface area is 269 Å². The predicted octanol–water partition coefficient (Wildman–Crippen LogP) is 11.4. The Kier molecular flexibility index (Phi) is 5.85. The van der Waals surface area contributed by atoms with E-state index in [1.54, 1.807) is 0 Å². The molecule has 1 aliphatic rings. The number of anilines is 3.